The molecular weight excluding hydrogens is 180 g/mol. The molecule has 2 unspecified atom stereocenters. The van der Waals surface area contributed by atoms with Crippen molar-refractivity contribution in [3.8, 4) is 6.07 Å². The van der Waals surface area contributed by atoms with Crippen molar-refractivity contribution in [1.29, 1.82) is 5.26 Å². The SMILES string of the molecule is [2H]C1(C#N)C=C(OC)CC2OCCCN21. The van der Waals surface area contributed by atoms with Crippen LogP contribution in [0.3, 0.4) is 0 Å². The van der Waals surface area contributed by atoms with E-state index in [9.17, 15) is 0 Å². The molecule has 1 fully saturated rings. The Morgan fingerprint density at radius 3 is 3.43 bits per heavy atom. The van der Waals surface area contributed by atoms with Crippen LogP contribution in [0.15, 0.2) is 11.8 Å². The van der Waals surface area contributed by atoms with Crippen molar-refractivity contribution in [1.82, 2.24) is 4.90 Å². The Balaban J connectivity index is 2.30. The highest BCUT2D eigenvalue weighted by atomic mass is 16.5. The van der Waals surface area contributed by atoms with Crippen LogP contribution in [0.5, 0.6) is 0 Å². The second kappa shape index (κ2) is 3.99. The van der Waals surface area contributed by atoms with E-state index < -0.39 is 6.02 Å². The molecule has 0 bridgehead atoms. The highest BCUT2D eigenvalue weighted by molar-refractivity contribution is 5.16. The summed E-state index contributed by atoms with van der Waals surface area (Å²) in [6, 6.07) is 0.661. The Morgan fingerprint density at radius 2 is 2.71 bits per heavy atom. The van der Waals surface area contributed by atoms with Crippen LogP contribution in [-0.2, 0) is 9.47 Å². The number of rotatable bonds is 1. The van der Waals surface area contributed by atoms with Gasteiger partial charge >= 0.3 is 0 Å². The Labute approximate surface area is 85.1 Å². The van der Waals surface area contributed by atoms with Gasteiger partial charge in [-0.3, -0.25) is 4.90 Å². The molecule has 4 heteroatoms. The van der Waals surface area contributed by atoms with Crippen molar-refractivity contribution >= 4 is 0 Å². The number of nitrogens with zero attached hydrogens (tertiary/aromatic N) is 2. The standard InChI is InChI=1S/C10H14N2O2/c1-13-9-5-8(7-11)12-3-2-4-14-10(12)6-9/h5,8,10H,2-4,6H2,1H3/i8D. The molecule has 2 atom stereocenters. The van der Waals surface area contributed by atoms with Crippen molar-refractivity contribution in [2.75, 3.05) is 20.3 Å². The minimum Gasteiger partial charge on any atom is -0.501 e. The molecule has 14 heavy (non-hydrogen) atoms. The van der Waals surface area contributed by atoms with Gasteiger partial charge in [-0.15, -0.1) is 0 Å². The zero-order valence-electron chi connectivity index (χ0n) is 9.19. The fourth-order valence-corrected chi connectivity index (χ4v) is 1.84. The maximum absolute atomic E-state index is 9.07. The predicted molar refractivity (Wildman–Crippen MR) is 50.2 cm³/mol. The second-order valence-corrected chi connectivity index (χ2v) is 3.39. The minimum absolute atomic E-state index is 0.184. The Hall–Kier alpha value is -1.05. The van der Waals surface area contributed by atoms with E-state index in [1.807, 2.05) is 6.07 Å². The summed E-state index contributed by atoms with van der Waals surface area (Å²) in [4.78, 5) is 1.78. The lowest BCUT2D eigenvalue weighted by atomic mass is 10.1. The van der Waals surface area contributed by atoms with Gasteiger partial charge in [-0.05, 0) is 12.5 Å². The molecule has 0 aliphatic carbocycles. The Bertz CT molecular complexity index is 326. The van der Waals surface area contributed by atoms with Gasteiger partial charge in [-0.1, -0.05) is 0 Å². The van der Waals surface area contributed by atoms with Crippen molar-refractivity contribution in [2.45, 2.75) is 25.1 Å². The summed E-state index contributed by atoms with van der Waals surface area (Å²) >= 11 is 0. The molecule has 0 spiro atoms. The van der Waals surface area contributed by atoms with E-state index in [0.29, 0.717) is 18.8 Å². The third-order valence-electron chi connectivity index (χ3n) is 2.56. The first kappa shape index (κ1) is 8.27. The highest BCUT2D eigenvalue weighted by Gasteiger charge is 2.33. The Kier molecular flexibility index (Phi) is 2.36. The van der Waals surface area contributed by atoms with Crippen LogP contribution < -0.4 is 0 Å². The molecule has 1 saturated heterocycles. The summed E-state index contributed by atoms with van der Waals surface area (Å²) in [6.07, 6.45) is 2.88. The first-order valence-electron chi connectivity index (χ1n) is 5.25. The quantitative estimate of drug-likeness (QED) is 0.622. The molecule has 2 rings (SSSR count). The summed E-state index contributed by atoms with van der Waals surface area (Å²) in [7, 11) is 1.56. The first-order chi connectivity index (χ1) is 7.19. The van der Waals surface area contributed by atoms with E-state index in [-0.39, 0.29) is 6.23 Å². The van der Waals surface area contributed by atoms with E-state index in [1.165, 1.54) is 0 Å². The number of fused-ring (bicyclic) bond motifs is 1. The first-order valence-corrected chi connectivity index (χ1v) is 4.75. The fourth-order valence-electron chi connectivity index (χ4n) is 1.84. The summed E-state index contributed by atoms with van der Waals surface area (Å²) in [5.41, 5.74) is 0. The van der Waals surface area contributed by atoms with Gasteiger partial charge in [0, 0.05) is 19.6 Å². The van der Waals surface area contributed by atoms with Gasteiger partial charge in [0.25, 0.3) is 0 Å². The molecule has 2 aliphatic heterocycles. The van der Waals surface area contributed by atoms with Gasteiger partial charge in [0.1, 0.15) is 12.2 Å². The molecule has 0 saturated carbocycles. The third kappa shape index (κ3) is 1.61. The average Bonchev–Trinajstić information content (AvgIpc) is 2.29. The molecule has 0 amide bonds. The number of hydrogen-bond acceptors (Lipinski definition) is 4. The highest BCUT2D eigenvalue weighted by Crippen LogP contribution is 2.26. The van der Waals surface area contributed by atoms with Crippen LogP contribution in [-0.4, -0.2) is 37.4 Å². The van der Waals surface area contributed by atoms with E-state index in [4.69, 9.17) is 16.1 Å². The van der Waals surface area contributed by atoms with Crippen LogP contribution in [0.1, 0.15) is 14.2 Å². The zero-order valence-corrected chi connectivity index (χ0v) is 8.19. The molecule has 0 N–H and O–H groups in total. The molecule has 0 aromatic heterocycles. The molecular formula is C10H14N2O2. The average molecular weight is 195 g/mol. The van der Waals surface area contributed by atoms with Crippen LogP contribution in [0.25, 0.3) is 0 Å². The maximum atomic E-state index is 9.07. The topological polar surface area (TPSA) is 45.5 Å². The van der Waals surface area contributed by atoms with Gasteiger partial charge < -0.3 is 9.47 Å². The fraction of sp³-hybridized carbons (Fsp3) is 0.700. The second-order valence-electron chi connectivity index (χ2n) is 3.39. The maximum Gasteiger partial charge on any atom is 0.122 e. The van der Waals surface area contributed by atoms with Gasteiger partial charge in [0.15, 0.2) is 0 Å². The molecule has 0 aromatic rings. The van der Waals surface area contributed by atoms with Crippen molar-refractivity contribution in [3.63, 3.8) is 0 Å². The van der Waals surface area contributed by atoms with Crippen LogP contribution in [0.4, 0.5) is 0 Å². The number of methoxy groups -OCH3 is 1. The van der Waals surface area contributed by atoms with Crippen LogP contribution in [0.2, 0.25) is 0 Å². The molecule has 0 radical (unpaired) electrons. The monoisotopic (exact) mass is 195 g/mol. The van der Waals surface area contributed by atoms with Crippen molar-refractivity contribution < 1.29 is 10.8 Å². The van der Waals surface area contributed by atoms with Crippen molar-refractivity contribution in [2.24, 2.45) is 0 Å². The third-order valence-corrected chi connectivity index (χ3v) is 2.56. The van der Waals surface area contributed by atoms with E-state index >= 15 is 0 Å². The lowest BCUT2D eigenvalue weighted by Gasteiger charge is -2.40. The Morgan fingerprint density at radius 1 is 1.86 bits per heavy atom. The van der Waals surface area contributed by atoms with E-state index in [0.717, 1.165) is 13.0 Å². The molecule has 0 aromatic carbocycles. The van der Waals surface area contributed by atoms with Gasteiger partial charge in [0.2, 0.25) is 0 Å². The smallest absolute Gasteiger partial charge is 0.122 e. The summed E-state index contributed by atoms with van der Waals surface area (Å²) in [6.45, 7) is 1.43. The normalized spacial score (nSPS) is 39.0. The number of ether oxygens (including phenoxy) is 2. The summed E-state index contributed by atoms with van der Waals surface area (Å²) < 4.78 is 18.7. The lowest BCUT2D eigenvalue weighted by molar-refractivity contribution is -0.109. The van der Waals surface area contributed by atoms with E-state index in [1.54, 1.807) is 18.1 Å². The summed E-state index contributed by atoms with van der Waals surface area (Å²) in [5, 5.41) is 9.07. The predicted octanol–water partition coefficient (Wildman–Crippen LogP) is 0.861. The zero-order chi connectivity index (χ0) is 10.9. The number of nitriles is 1. The van der Waals surface area contributed by atoms with Crippen molar-refractivity contribution in [3.05, 3.63) is 11.8 Å². The number of hydrogen-bond donors (Lipinski definition) is 0. The molecule has 2 aliphatic rings. The summed E-state index contributed by atoms with van der Waals surface area (Å²) in [5.74, 6) is 0.662. The largest absolute Gasteiger partial charge is 0.501 e. The van der Waals surface area contributed by atoms with E-state index in [2.05, 4.69) is 0 Å². The van der Waals surface area contributed by atoms with Crippen LogP contribution in [0, 0.1) is 11.3 Å². The van der Waals surface area contributed by atoms with Crippen LogP contribution >= 0.6 is 0 Å². The minimum atomic E-state index is -1.34. The molecule has 4 nitrogen and oxygen atoms in total. The van der Waals surface area contributed by atoms with Gasteiger partial charge in [-0.25, -0.2) is 0 Å². The molecule has 76 valence electrons. The van der Waals surface area contributed by atoms with Gasteiger partial charge in [-0.2, -0.15) is 5.26 Å². The molecule has 2 heterocycles. The lowest BCUT2D eigenvalue weighted by Crippen LogP contribution is -2.50. The van der Waals surface area contributed by atoms with Gasteiger partial charge in [0.05, 0.1) is 20.3 Å².